The fourth-order valence-corrected chi connectivity index (χ4v) is 2.28. The van der Waals surface area contributed by atoms with Crippen molar-refractivity contribution < 1.29 is 12.8 Å². The minimum atomic E-state index is -3.72. The van der Waals surface area contributed by atoms with Crippen LogP contribution in [0.5, 0.6) is 0 Å². The summed E-state index contributed by atoms with van der Waals surface area (Å²) in [6, 6.07) is 4.58. The van der Waals surface area contributed by atoms with E-state index < -0.39 is 15.8 Å². The predicted molar refractivity (Wildman–Crippen MR) is 57.0 cm³/mol. The van der Waals surface area contributed by atoms with E-state index in [4.69, 9.17) is 16.9 Å². The van der Waals surface area contributed by atoms with Crippen molar-refractivity contribution in [3.63, 3.8) is 0 Å². The van der Waals surface area contributed by atoms with Crippen LogP contribution in [0.3, 0.4) is 0 Å². The molecule has 0 radical (unpaired) electrons. The summed E-state index contributed by atoms with van der Waals surface area (Å²) >= 11 is 5.34. The van der Waals surface area contributed by atoms with Crippen molar-refractivity contribution in [2.75, 3.05) is 12.4 Å². The Bertz CT molecular complexity index is 525. The monoisotopic (exact) mass is 262 g/mol. The fourth-order valence-electron chi connectivity index (χ4n) is 1.01. The second-order valence-electron chi connectivity index (χ2n) is 2.84. The lowest BCUT2D eigenvalue weighted by atomic mass is 10.2. The highest BCUT2D eigenvalue weighted by molar-refractivity contribution is 7.89. The molecule has 7 heteroatoms. The fraction of sp³-hybridized carbons (Fsp3) is 0.222. The van der Waals surface area contributed by atoms with E-state index >= 15 is 0 Å². The lowest BCUT2D eigenvalue weighted by Gasteiger charge is -2.05. The van der Waals surface area contributed by atoms with E-state index in [1.165, 1.54) is 0 Å². The van der Waals surface area contributed by atoms with Crippen LogP contribution in [0.15, 0.2) is 23.1 Å². The van der Waals surface area contributed by atoms with Crippen LogP contribution in [0, 0.1) is 17.1 Å². The van der Waals surface area contributed by atoms with Crippen LogP contribution < -0.4 is 4.72 Å². The summed E-state index contributed by atoms with van der Waals surface area (Å²) in [7, 11) is -3.72. The number of hydrogen-bond donors (Lipinski definition) is 1. The Kier molecular flexibility index (Phi) is 4.24. The van der Waals surface area contributed by atoms with E-state index in [1.807, 2.05) is 0 Å². The lowest BCUT2D eigenvalue weighted by molar-refractivity contribution is 0.583. The van der Waals surface area contributed by atoms with Crippen LogP contribution in [0.2, 0.25) is 0 Å². The van der Waals surface area contributed by atoms with Crippen LogP contribution in [0.1, 0.15) is 5.56 Å². The Morgan fingerprint density at radius 1 is 1.50 bits per heavy atom. The zero-order valence-corrected chi connectivity index (χ0v) is 9.65. The maximum absolute atomic E-state index is 13.0. The van der Waals surface area contributed by atoms with Crippen molar-refractivity contribution in [2.24, 2.45) is 0 Å². The van der Waals surface area contributed by atoms with E-state index in [-0.39, 0.29) is 22.9 Å². The number of alkyl halides is 1. The first-order valence-corrected chi connectivity index (χ1v) is 6.28. The van der Waals surface area contributed by atoms with Gasteiger partial charge in [0.15, 0.2) is 0 Å². The smallest absolute Gasteiger partial charge is 0.210 e. The van der Waals surface area contributed by atoms with Crippen molar-refractivity contribution in [1.82, 2.24) is 4.72 Å². The number of rotatable bonds is 4. The quantitative estimate of drug-likeness (QED) is 0.830. The summed E-state index contributed by atoms with van der Waals surface area (Å²) < 4.78 is 38.3. The Morgan fingerprint density at radius 3 is 2.75 bits per heavy atom. The minimum absolute atomic E-state index is 0.0726. The maximum Gasteiger partial charge on any atom is 0.240 e. The Balaban J connectivity index is 3.11. The van der Waals surface area contributed by atoms with Gasteiger partial charge in [-0.3, -0.25) is 0 Å². The zero-order chi connectivity index (χ0) is 12.2. The van der Waals surface area contributed by atoms with Gasteiger partial charge in [0.05, 0.1) is 10.5 Å². The molecule has 0 heterocycles. The molecular weight excluding hydrogens is 255 g/mol. The first kappa shape index (κ1) is 12.9. The van der Waals surface area contributed by atoms with Crippen molar-refractivity contribution in [3.05, 3.63) is 29.6 Å². The molecule has 0 aliphatic rings. The highest BCUT2D eigenvalue weighted by atomic mass is 35.5. The second-order valence-corrected chi connectivity index (χ2v) is 4.99. The lowest BCUT2D eigenvalue weighted by Crippen LogP contribution is -2.25. The summed E-state index contributed by atoms with van der Waals surface area (Å²) in [5, 5.41) is 8.56. The molecule has 0 aliphatic heterocycles. The van der Waals surface area contributed by atoms with Gasteiger partial charge in [-0.2, -0.15) is 5.26 Å². The molecule has 16 heavy (non-hydrogen) atoms. The van der Waals surface area contributed by atoms with E-state index in [0.29, 0.717) is 0 Å². The van der Waals surface area contributed by atoms with Gasteiger partial charge in [-0.05, 0) is 18.2 Å². The third-order valence-electron chi connectivity index (χ3n) is 1.76. The third kappa shape index (κ3) is 2.92. The van der Waals surface area contributed by atoms with Crippen LogP contribution in [-0.4, -0.2) is 20.8 Å². The van der Waals surface area contributed by atoms with Gasteiger partial charge in [0.1, 0.15) is 11.9 Å². The normalized spacial score (nSPS) is 11.1. The number of nitrogens with zero attached hydrogens (tertiary/aromatic N) is 1. The molecule has 1 aromatic carbocycles. The molecule has 0 amide bonds. The van der Waals surface area contributed by atoms with Gasteiger partial charge < -0.3 is 0 Å². The topological polar surface area (TPSA) is 70.0 Å². The molecule has 1 rings (SSSR count). The van der Waals surface area contributed by atoms with E-state index in [1.54, 1.807) is 6.07 Å². The molecule has 1 N–H and O–H groups in total. The van der Waals surface area contributed by atoms with E-state index in [2.05, 4.69) is 4.72 Å². The summed E-state index contributed by atoms with van der Waals surface area (Å²) in [6.07, 6.45) is 0. The van der Waals surface area contributed by atoms with Gasteiger partial charge >= 0.3 is 0 Å². The number of sulfonamides is 1. The Labute approximate surface area is 97.7 Å². The van der Waals surface area contributed by atoms with Crippen molar-refractivity contribution in [3.8, 4) is 6.07 Å². The minimum Gasteiger partial charge on any atom is -0.210 e. The average Bonchev–Trinajstić information content (AvgIpc) is 2.27. The van der Waals surface area contributed by atoms with Crippen molar-refractivity contribution >= 4 is 21.6 Å². The highest BCUT2D eigenvalue weighted by Crippen LogP contribution is 2.14. The SMILES string of the molecule is N#Cc1cc(S(=O)(=O)NCCCl)ccc1F. The number of benzene rings is 1. The molecule has 1 aromatic rings. The average molecular weight is 263 g/mol. The highest BCUT2D eigenvalue weighted by Gasteiger charge is 2.15. The number of nitriles is 1. The number of halogens is 2. The summed E-state index contributed by atoms with van der Waals surface area (Å²) in [5.41, 5.74) is -0.311. The summed E-state index contributed by atoms with van der Waals surface area (Å²) in [5.74, 6) is -0.621. The van der Waals surface area contributed by atoms with Crippen LogP contribution in [0.25, 0.3) is 0 Å². The molecule has 0 saturated heterocycles. The van der Waals surface area contributed by atoms with Crippen LogP contribution in [-0.2, 0) is 10.0 Å². The van der Waals surface area contributed by atoms with Crippen molar-refractivity contribution in [2.45, 2.75) is 4.90 Å². The molecule has 0 bridgehead atoms. The molecule has 0 atom stereocenters. The van der Waals surface area contributed by atoms with E-state index in [0.717, 1.165) is 18.2 Å². The van der Waals surface area contributed by atoms with Crippen LogP contribution >= 0.6 is 11.6 Å². The third-order valence-corrected chi connectivity index (χ3v) is 3.40. The van der Waals surface area contributed by atoms with E-state index in [9.17, 15) is 12.8 Å². The predicted octanol–water partition coefficient (Wildman–Crippen LogP) is 1.21. The van der Waals surface area contributed by atoms with Gasteiger partial charge in [-0.15, -0.1) is 11.6 Å². The molecule has 0 unspecified atom stereocenters. The van der Waals surface area contributed by atoms with Gasteiger partial charge in [-0.25, -0.2) is 17.5 Å². The summed E-state index contributed by atoms with van der Waals surface area (Å²) in [4.78, 5) is -0.157. The van der Waals surface area contributed by atoms with Crippen LogP contribution in [0.4, 0.5) is 4.39 Å². The van der Waals surface area contributed by atoms with Gasteiger partial charge in [0.2, 0.25) is 10.0 Å². The second kappa shape index (κ2) is 5.25. The number of nitrogens with one attached hydrogen (secondary N) is 1. The standard InChI is InChI=1S/C9H8ClFN2O2S/c10-3-4-13-16(14,15)8-1-2-9(11)7(5-8)6-12/h1-2,5,13H,3-4H2. The molecule has 0 saturated carbocycles. The molecular formula is C9H8ClFN2O2S. The maximum atomic E-state index is 13.0. The molecule has 0 aliphatic carbocycles. The first-order valence-electron chi connectivity index (χ1n) is 4.26. The largest absolute Gasteiger partial charge is 0.240 e. The molecule has 4 nitrogen and oxygen atoms in total. The Hall–Kier alpha value is -1.16. The molecule has 0 aromatic heterocycles. The molecule has 0 fully saturated rings. The van der Waals surface area contributed by atoms with Crippen molar-refractivity contribution in [1.29, 1.82) is 5.26 Å². The van der Waals surface area contributed by atoms with Gasteiger partial charge in [-0.1, -0.05) is 0 Å². The molecule has 0 spiro atoms. The summed E-state index contributed by atoms with van der Waals surface area (Å²) in [6.45, 7) is 0.0726. The van der Waals surface area contributed by atoms with Gasteiger partial charge in [0.25, 0.3) is 0 Å². The number of hydrogen-bond acceptors (Lipinski definition) is 3. The Morgan fingerprint density at radius 2 is 2.19 bits per heavy atom. The zero-order valence-electron chi connectivity index (χ0n) is 8.07. The van der Waals surface area contributed by atoms with Gasteiger partial charge in [0, 0.05) is 12.4 Å². The first-order chi connectivity index (χ1) is 7.51. The molecule has 86 valence electrons.